The molecule has 0 aliphatic heterocycles. The van der Waals surface area contributed by atoms with Crippen LogP contribution in [0.4, 0.5) is 5.69 Å². The maximum atomic E-state index is 11.9. The van der Waals surface area contributed by atoms with Crippen LogP contribution >= 0.6 is 0 Å². The van der Waals surface area contributed by atoms with E-state index in [4.69, 9.17) is 0 Å². The molecular weight excluding hydrogens is 238 g/mol. The minimum atomic E-state index is -0.227. The Bertz CT molecular complexity index is 564. The van der Waals surface area contributed by atoms with Crippen molar-refractivity contribution < 1.29 is 4.79 Å². The maximum Gasteiger partial charge on any atom is 0.272 e. The number of nitrogens with zero attached hydrogens (tertiary/aromatic N) is 1. The van der Waals surface area contributed by atoms with Gasteiger partial charge in [-0.3, -0.25) is 10.2 Å². The van der Waals surface area contributed by atoms with Gasteiger partial charge >= 0.3 is 0 Å². The van der Waals surface area contributed by atoms with E-state index in [9.17, 15) is 4.79 Å². The molecule has 2 aromatic rings. The Labute approximate surface area is 112 Å². The Hall–Kier alpha value is -2.62. The van der Waals surface area contributed by atoms with Crippen LogP contribution in [0.3, 0.4) is 0 Å². The second-order valence-electron chi connectivity index (χ2n) is 3.88. The third-order valence-electron chi connectivity index (χ3n) is 2.56. The molecule has 2 rings (SSSR count). The highest BCUT2D eigenvalue weighted by molar-refractivity contribution is 6.45. The average Bonchev–Trinajstić information content (AvgIpc) is 2.49. The quantitative estimate of drug-likeness (QED) is 0.648. The first-order valence-corrected chi connectivity index (χ1v) is 5.97. The Morgan fingerprint density at radius 2 is 1.53 bits per heavy atom. The molecule has 0 heterocycles. The smallest absolute Gasteiger partial charge is 0.272 e. The van der Waals surface area contributed by atoms with Crippen LogP contribution in [0.5, 0.6) is 0 Å². The average molecular weight is 253 g/mol. The predicted molar refractivity (Wildman–Crippen MR) is 77.1 cm³/mol. The second-order valence-corrected chi connectivity index (χ2v) is 3.88. The molecule has 0 spiro atoms. The summed E-state index contributed by atoms with van der Waals surface area (Å²) in [6.07, 6.45) is 0. The van der Waals surface area contributed by atoms with Gasteiger partial charge in [0, 0.05) is 12.6 Å². The second kappa shape index (κ2) is 6.35. The Morgan fingerprint density at radius 3 is 2.11 bits per heavy atom. The predicted octanol–water partition coefficient (Wildman–Crippen LogP) is 2.25. The number of likely N-dealkylation sites (N-methyl/N-ethyl adjacent to an activating group) is 1. The van der Waals surface area contributed by atoms with Gasteiger partial charge in [0.05, 0.1) is 5.69 Å². The number of carbonyl (C=O) groups excluding carboxylic acids is 1. The zero-order chi connectivity index (χ0) is 13.5. The fourth-order valence-corrected chi connectivity index (χ4v) is 1.59. The number of amides is 1. The molecule has 0 saturated carbocycles. The summed E-state index contributed by atoms with van der Waals surface area (Å²) in [5.41, 5.74) is 4.84. The fraction of sp³-hybridized carbons (Fsp3) is 0.0667. The molecule has 96 valence electrons. The van der Waals surface area contributed by atoms with Crippen molar-refractivity contribution in [2.24, 2.45) is 5.10 Å². The first-order valence-electron chi connectivity index (χ1n) is 5.97. The van der Waals surface area contributed by atoms with Crippen molar-refractivity contribution in [3.8, 4) is 0 Å². The van der Waals surface area contributed by atoms with E-state index in [-0.39, 0.29) is 5.91 Å². The van der Waals surface area contributed by atoms with Gasteiger partial charge in [0.1, 0.15) is 0 Å². The molecular formula is C15H15N3O. The van der Waals surface area contributed by atoms with Gasteiger partial charge in [0.2, 0.25) is 0 Å². The van der Waals surface area contributed by atoms with Gasteiger partial charge in [0.25, 0.3) is 5.91 Å². The molecule has 0 aromatic heterocycles. The van der Waals surface area contributed by atoms with Gasteiger partial charge < -0.3 is 5.32 Å². The monoisotopic (exact) mass is 253 g/mol. The fourth-order valence-electron chi connectivity index (χ4n) is 1.59. The molecule has 0 bridgehead atoms. The molecule has 0 aliphatic rings. The van der Waals surface area contributed by atoms with E-state index >= 15 is 0 Å². The largest absolute Gasteiger partial charge is 0.354 e. The van der Waals surface area contributed by atoms with Crippen LogP contribution in [0.2, 0.25) is 0 Å². The van der Waals surface area contributed by atoms with Gasteiger partial charge in [0.15, 0.2) is 5.71 Å². The summed E-state index contributed by atoms with van der Waals surface area (Å²) in [6.45, 7) is 0. The number of benzene rings is 2. The SMILES string of the molecule is CNC(=O)/C(=N\Nc1ccccc1)c1ccccc1. The first-order chi connectivity index (χ1) is 9.31. The number of carbonyl (C=O) groups is 1. The van der Waals surface area contributed by atoms with Crippen LogP contribution in [0.25, 0.3) is 0 Å². The molecule has 4 heteroatoms. The number of nitrogens with one attached hydrogen (secondary N) is 2. The van der Waals surface area contributed by atoms with E-state index in [1.807, 2.05) is 60.7 Å². The summed E-state index contributed by atoms with van der Waals surface area (Å²) >= 11 is 0. The van der Waals surface area contributed by atoms with E-state index < -0.39 is 0 Å². The summed E-state index contributed by atoms with van der Waals surface area (Å²) in [4.78, 5) is 11.9. The molecule has 0 aliphatic carbocycles. The van der Waals surface area contributed by atoms with Crippen LogP contribution in [-0.2, 0) is 4.79 Å². The third kappa shape index (κ3) is 3.42. The van der Waals surface area contributed by atoms with Crippen molar-refractivity contribution in [3.05, 3.63) is 66.2 Å². The number of hydrazone groups is 1. The Balaban J connectivity index is 2.26. The van der Waals surface area contributed by atoms with Gasteiger partial charge in [-0.25, -0.2) is 0 Å². The Morgan fingerprint density at radius 1 is 0.947 bits per heavy atom. The molecule has 0 radical (unpaired) electrons. The van der Waals surface area contributed by atoms with Crippen molar-refractivity contribution in [3.63, 3.8) is 0 Å². The molecule has 4 nitrogen and oxygen atoms in total. The minimum absolute atomic E-state index is 0.227. The molecule has 0 saturated heterocycles. The summed E-state index contributed by atoms with van der Waals surface area (Å²) in [5, 5.41) is 6.78. The summed E-state index contributed by atoms with van der Waals surface area (Å²) in [7, 11) is 1.59. The van der Waals surface area contributed by atoms with Crippen LogP contribution in [0.1, 0.15) is 5.56 Å². The summed E-state index contributed by atoms with van der Waals surface area (Å²) in [5.74, 6) is -0.227. The summed E-state index contributed by atoms with van der Waals surface area (Å²) in [6, 6.07) is 18.8. The molecule has 19 heavy (non-hydrogen) atoms. The van der Waals surface area contributed by atoms with Crippen LogP contribution < -0.4 is 10.7 Å². The normalized spacial score (nSPS) is 10.9. The first kappa shape index (κ1) is 12.8. The Kier molecular flexibility index (Phi) is 4.29. The molecule has 2 aromatic carbocycles. The van der Waals surface area contributed by atoms with Crippen molar-refractivity contribution in [2.75, 3.05) is 12.5 Å². The van der Waals surface area contributed by atoms with Crippen molar-refractivity contribution in [1.29, 1.82) is 0 Å². The standard InChI is InChI=1S/C15H15N3O/c1-16-15(19)14(12-8-4-2-5-9-12)18-17-13-10-6-3-7-11-13/h2-11,17H,1H3,(H,16,19)/b18-14-. The topological polar surface area (TPSA) is 53.5 Å². The van der Waals surface area contributed by atoms with E-state index in [1.54, 1.807) is 7.05 Å². The molecule has 2 N–H and O–H groups in total. The highest BCUT2D eigenvalue weighted by Crippen LogP contribution is 2.07. The molecule has 1 amide bonds. The molecule has 0 atom stereocenters. The number of rotatable bonds is 4. The lowest BCUT2D eigenvalue weighted by molar-refractivity contribution is -0.114. The lowest BCUT2D eigenvalue weighted by Gasteiger charge is -2.06. The van der Waals surface area contributed by atoms with Crippen molar-refractivity contribution >= 4 is 17.3 Å². The van der Waals surface area contributed by atoms with E-state index in [2.05, 4.69) is 15.8 Å². The van der Waals surface area contributed by atoms with E-state index in [0.29, 0.717) is 5.71 Å². The minimum Gasteiger partial charge on any atom is -0.354 e. The zero-order valence-corrected chi connectivity index (χ0v) is 10.6. The van der Waals surface area contributed by atoms with Crippen LogP contribution in [0.15, 0.2) is 65.8 Å². The highest BCUT2D eigenvalue weighted by Gasteiger charge is 2.11. The molecule has 0 unspecified atom stereocenters. The third-order valence-corrected chi connectivity index (χ3v) is 2.56. The number of para-hydroxylation sites is 1. The van der Waals surface area contributed by atoms with Gasteiger partial charge in [-0.15, -0.1) is 0 Å². The molecule has 0 fully saturated rings. The van der Waals surface area contributed by atoms with Crippen LogP contribution in [0, 0.1) is 0 Å². The maximum absolute atomic E-state index is 11.9. The highest BCUT2D eigenvalue weighted by atomic mass is 16.1. The van der Waals surface area contributed by atoms with Crippen LogP contribution in [-0.4, -0.2) is 18.7 Å². The van der Waals surface area contributed by atoms with Gasteiger partial charge in [-0.1, -0.05) is 48.5 Å². The van der Waals surface area contributed by atoms with E-state index in [0.717, 1.165) is 11.3 Å². The number of anilines is 1. The number of hydrogen-bond acceptors (Lipinski definition) is 3. The lowest BCUT2D eigenvalue weighted by Crippen LogP contribution is -2.29. The van der Waals surface area contributed by atoms with Gasteiger partial charge in [-0.05, 0) is 12.1 Å². The zero-order valence-electron chi connectivity index (χ0n) is 10.6. The van der Waals surface area contributed by atoms with Crippen molar-refractivity contribution in [2.45, 2.75) is 0 Å². The van der Waals surface area contributed by atoms with Gasteiger partial charge in [-0.2, -0.15) is 5.10 Å². The lowest BCUT2D eigenvalue weighted by atomic mass is 10.1. The van der Waals surface area contributed by atoms with Crippen molar-refractivity contribution in [1.82, 2.24) is 5.32 Å². The van der Waals surface area contributed by atoms with E-state index in [1.165, 1.54) is 0 Å². The summed E-state index contributed by atoms with van der Waals surface area (Å²) < 4.78 is 0. The number of hydrogen-bond donors (Lipinski definition) is 2.